The summed E-state index contributed by atoms with van der Waals surface area (Å²) in [6.07, 6.45) is -0.00549. The van der Waals surface area contributed by atoms with Crippen molar-refractivity contribution in [1.82, 2.24) is 0 Å². The van der Waals surface area contributed by atoms with Gasteiger partial charge in [0.15, 0.2) is 0 Å². The molecule has 0 amide bonds. The largest absolute Gasteiger partial charge is 0.481 e. The summed E-state index contributed by atoms with van der Waals surface area (Å²) in [7, 11) is 0. The third-order valence-corrected chi connectivity index (χ3v) is 2.86. The van der Waals surface area contributed by atoms with E-state index in [4.69, 9.17) is 34.0 Å². The Morgan fingerprint density at radius 2 is 2.07 bits per heavy atom. The predicted octanol–water partition coefficient (Wildman–Crippen LogP) is 2.51. The summed E-state index contributed by atoms with van der Waals surface area (Å²) in [6, 6.07) is 5.04. The van der Waals surface area contributed by atoms with Crippen LogP contribution in [0, 0.1) is 0 Å². The molecule has 0 unspecified atom stereocenters. The molecule has 0 heterocycles. The van der Waals surface area contributed by atoms with E-state index in [1.54, 1.807) is 18.2 Å². The highest BCUT2D eigenvalue weighted by atomic mass is 35.5. The molecule has 82 valence electrons. The molecule has 15 heavy (non-hydrogen) atoms. The first-order valence-corrected chi connectivity index (χ1v) is 5.17. The number of hydrogen-bond acceptors (Lipinski definition) is 2. The Labute approximate surface area is 97.8 Å². The fraction of sp³-hybridized carbons (Fsp3) is 0.300. The topological polar surface area (TPSA) is 63.3 Å². The molecule has 0 aliphatic rings. The van der Waals surface area contributed by atoms with E-state index in [0.29, 0.717) is 10.0 Å². The van der Waals surface area contributed by atoms with Crippen LogP contribution in [0.3, 0.4) is 0 Å². The number of halogens is 2. The summed E-state index contributed by atoms with van der Waals surface area (Å²) < 4.78 is 0. The molecule has 1 rings (SSSR count). The second-order valence-electron chi connectivity index (χ2n) is 3.20. The quantitative estimate of drug-likeness (QED) is 0.860. The molecule has 3 N–H and O–H groups in total. The maximum atomic E-state index is 10.6. The van der Waals surface area contributed by atoms with Crippen molar-refractivity contribution < 1.29 is 9.90 Å². The SMILES string of the molecule is NC[C@@H](CC(=O)O)c1ccc(Cl)c(Cl)c1. The molecule has 3 nitrogen and oxygen atoms in total. The van der Waals surface area contributed by atoms with Gasteiger partial charge in [0.2, 0.25) is 0 Å². The van der Waals surface area contributed by atoms with Crippen LogP contribution >= 0.6 is 23.2 Å². The number of carboxylic acids is 1. The summed E-state index contributed by atoms with van der Waals surface area (Å²) in [5.41, 5.74) is 6.30. The van der Waals surface area contributed by atoms with Gasteiger partial charge in [0.25, 0.3) is 0 Å². The molecular formula is C10H11Cl2NO2. The van der Waals surface area contributed by atoms with E-state index >= 15 is 0 Å². The number of carboxylic acid groups (broad SMARTS) is 1. The smallest absolute Gasteiger partial charge is 0.304 e. The van der Waals surface area contributed by atoms with Crippen molar-refractivity contribution >= 4 is 29.2 Å². The first-order chi connectivity index (χ1) is 7.04. The Balaban J connectivity index is 2.92. The Kier molecular flexibility index (Phi) is 4.39. The molecular weight excluding hydrogens is 237 g/mol. The van der Waals surface area contributed by atoms with Gasteiger partial charge in [-0.3, -0.25) is 4.79 Å². The van der Waals surface area contributed by atoms with Gasteiger partial charge in [0.1, 0.15) is 0 Å². The van der Waals surface area contributed by atoms with Gasteiger partial charge in [-0.25, -0.2) is 0 Å². The van der Waals surface area contributed by atoms with E-state index in [9.17, 15) is 4.79 Å². The van der Waals surface area contributed by atoms with Crippen molar-refractivity contribution in [2.45, 2.75) is 12.3 Å². The van der Waals surface area contributed by atoms with Crippen molar-refractivity contribution in [1.29, 1.82) is 0 Å². The minimum Gasteiger partial charge on any atom is -0.481 e. The van der Waals surface area contributed by atoms with Crippen LogP contribution in [0.2, 0.25) is 10.0 Å². The lowest BCUT2D eigenvalue weighted by Crippen LogP contribution is -2.16. The zero-order valence-corrected chi connectivity index (χ0v) is 9.42. The first-order valence-electron chi connectivity index (χ1n) is 4.41. The Hall–Kier alpha value is -0.770. The second kappa shape index (κ2) is 5.35. The average Bonchev–Trinajstić information content (AvgIpc) is 2.18. The predicted molar refractivity (Wildman–Crippen MR) is 60.5 cm³/mol. The molecule has 0 saturated carbocycles. The molecule has 1 aromatic rings. The number of carbonyl (C=O) groups is 1. The van der Waals surface area contributed by atoms with E-state index in [0.717, 1.165) is 5.56 Å². The molecule has 0 aromatic heterocycles. The Bertz CT molecular complexity index is 368. The molecule has 0 saturated heterocycles. The van der Waals surface area contributed by atoms with Gasteiger partial charge in [0.05, 0.1) is 16.5 Å². The summed E-state index contributed by atoms with van der Waals surface area (Å²) in [5, 5.41) is 9.55. The highest BCUT2D eigenvalue weighted by molar-refractivity contribution is 6.42. The van der Waals surface area contributed by atoms with Crippen molar-refractivity contribution in [3.63, 3.8) is 0 Å². The molecule has 1 atom stereocenters. The van der Waals surface area contributed by atoms with Crippen LogP contribution in [-0.2, 0) is 4.79 Å². The monoisotopic (exact) mass is 247 g/mol. The zero-order chi connectivity index (χ0) is 11.4. The standard InChI is InChI=1S/C10H11Cl2NO2/c11-8-2-1-6(3-9(8)12)7(5-13)4-10(14)15/h1-3,7H,4-5,13H2,(H,14,15)/t7-/m1/s1. The summed E-state index contributed by atoms with van der Waals surface area (Å²) in [4.78, 5) is 10.6. The highest BCUT2D eigenvalue weighted by Crippen LogP contribution is 2.27. The van der Waals surface area contributed by atoms with Crippen LogP contribution in [0.5, 0.6) is 0 Å². The normalized spacial score (nSPS) is 12.5. The van der Waals surface area contributed by atoms with E-state index < -0.39 is 5.97 Å². The third-order valence-electron chi connectivity index (χ3n) is 2.12. The van der Waals surface area contributed by atoms with Crippen molar-refractivity contribution in [2.75, 3.05) is 6.54 Å². The van der Waals surface area contributed by atoms with Gasteiger partial charge in [0, 0.05) is 5.92 Å². The number of hydrogen-bond donors (Lipinski definition) is 2. The van der Waals surface area contributed by atoms with Gasteiger partial charge in [-0.15, -0.1) is 0 Å². The van der Waals surface area contributed by atoms with Crippen LogP contribution in [0.1, 0.15) is 17.9 Å². The maximum Gasteiger partial charge on any atom is 0.304 e. The molecule has 0 aliphatic heterocycles. The van der Waals surface area contributed by atoms with E-state index in [1.165, 1.54) is 0 Å². The van der Waals surface area contributed by atoms with E-state index in [1.807, 2.05) is 0 Å². The molecule has 0 spiro atoms. The van der Waals surface area contributed by atoms with Gasteiger partial charge in [-0.2, -0.15) is 0 Å². The van der Waals surface area contributed by atoms with E-state index in [2.05, 4.69) is 0 Å². The number of aliphatic carboxylic acids is 1. The van der Waals surface area contributed by atoms with Gasteiger partial charge >= 0.3 is 5.97 Å². The van der Waals surface area contributed by atoms with Crippen LogP contribution in [0.15, 0.2) is 18.2 Å². The molecule has 1 aromatic carbocycles. The van der Waals surface area contributed by atoms with Crippen LogP contribution in [-0.4, -0.2) is 17.6 Å². The van der Waals surface area contributed by atoms with Crippen LogP contribution in [0.4, 0.5) is 0 Å². The molecule has 0 radical (unpaired) electrons. The molecule has 0 bridgehead atoms. The lowest BCUT2D eigenvalue weighted by Gasteiger charge is -2.13. The molecule has 0 fully saturated rings. The van der Waals surface area contributed by atoms with Gasteiger partial charge in [-0.05, 0) is 24.2 Å². The van der Waals surface area contributed by atoms with Crippen LogP contribution in [0.25, 0.3) is 0 Å². The zero-order valence-electron chi connectivity index (χ0n) is 7.91. The number of nitrogens with two attached hydrogens (primary N) is 1. The van der Waals surface area contributed by atoms with Crippen molar-refractivity contribution in [2.24, 2.45) is 5.73 Å². The minimum absolute atomic E-state index is 0.00549. The number of benzene rings is 1. The molecule has 0 aliphatic carbocycles. The van der Waals surface area contributed by atoms with Gasteiger partial charge in [-0.1, -0.05) is 29.3 Å². The van der Waals surface area contributed by atoms with E-state index in [-0.39, 0.29) is 18.9 Å². The van der Waals surface area contributed by atoms with Crippen molar-refractivity contribution in [3.8, 4) is 0 Å². The van der Waals surface area contributed by atoms with Crippen molar-refractivity contribution in [3.05, 3.63) is 33.8 Å². The molecule has 5 heteroatoms. The first kappa shape index (κ1) is 12.3. The minimum atomic E-state index is -0.878. The summed E-state index contributed by atoms with van der Waals surface area (Å²) >= 11 is 11.6. The third kappa shape index (κ3) is 3.38. The summed E-state index contributed by atoms with van der Waals surface area (Å²) in [6.45, 7) is 0.268. The van der Waals surface area contributed by atoms with Crippen LogP contribution < -0.4 is 5.73 Å². The fourth-order valence-corrected chi connectivity index (χ4v) is 1.62. The Morgan fingerprint density at radius 3 is 2.53 bits per heavy atom. The summed E-state index contributed by atoms with van der Waals surface area (Å²) in [5.74, 6) is -1.10. The lowest BCUT2D eigenvalue weighted by molar-refractivity contribution is -0.137. The highest BCUT2D eigenvalue weighted by Gasteiger charge is 2.14. The fourth-order valence-electron chi connectivity index (χ4n) is 1.31. The average molecular weight is 248 g/mol. The van der Waals surface area contributed by atoms with Gasteiger partial charge < -0.3 is 10.8 Å². The Morgan fingerprint density at radius 1 is 1.40 bits per heavy atom. The number of rotatable bonds is 4. The lowest BCUT2D eigenvalue weighted by atomic mass is 9.96. The maximum absolute atomic E-state index is 10.6. The second-order valence-corrected chi connectivity index (χ2v) is 4.02.